The summed E-state index contributed by atoms with van der Waals surface area (Å²) in [6, 6.07) is 1.45. The van der Waals surface area contributed by atoms with Gasteiger partial charge in [0.05, 0.1) is 5.41 Å². The molecule has 1 N–H and O–H groups in total. The van der Waals surface area contributed by atoms with E-state index in [2.05, 4.69) is 0 Å². The van der Waals surface area contributed by atoms with Gasteiger partial charge in [-0.1, -0.05) is 30.9 Å². The smallest absolute Gasteiger partial charge is 0.314 e. The summed E-state index contributed by atoms with van der Waals surface area (Å²) in [5.41, 5.74) is -1.11. The van der Waals surface area contributed by atoms with Gasteiger partial charge < -0.3 is 14.6 Å². The van der Waals surface area contributed by atoms with Crippen LogP contribution in [-0.2, 0) is 10.2 Å². The molecule has 0 aromatic heterocycles. The van der Waals surface area contributed by atoms with Crippen LogP contribution in [0.3, 0.4) is 0 Å². The lowest BCUT2D eigenvalue weighted by Gasteiger charge is -2.35. The molecule has 2 aliphatic rings. The summed E-state index contributed by atoms with van der Waals surface area (Å²) in [5.74, 6) is -1.21. The molecule has 0 atom stereocenters. The number of carboxylic acid groups (broad SMARTS) is 1. The van der Waals surface area contributed by atoms with Gasteiger partial charge in [0.15, 0.2) is 11.5 Å². The third kappa shape index (κ3) is 2.24. The molecule has 0 unspecified atom stereocenters. The second-order valence-corrected chi connectivity index (χ2v) is 5.90. The number of hydrogen-bond acceptors (Lipinski definition) is 3. The Bertz CT molecular complexity index is 582. The van der Waals surface area contributed by atoms with Crippen molar-refractivity contribution in [1.29, 1.82) is 0 Å². The number of carboxylic acids is 1. The van der Waals surface area contributed by atoms with Crippen LogP contribution in [0, 0.1) is 5.82 Å². The Morgan fingerprint density at radius 2 is 1.90 bits per heavy atom. The minimum atomic E-state index is -1.22. The van der Waals surface area contributed by atoms with E-state index >= 15 is 0 Å². The third-order valence-electron chi connectivity index (χ3n) is 4.35. The van der Waals surface area contributed by atoms with E-state index in [1.165, 1.54) is 6.07 Å². The van der Waals surface area contributed by atoms with Crippen LogP contribution in [0.15, 0.2) is 6.07 Å². The Morgan fingerprint density at radius 3 is 2.57 bits per heavy atom. The van der Waals surface area contributed by atoms with Crippen LogP contribution < -0.4 is 9.47 Å². The highest BCUT2D eigenvalue weighted by Gasteiger charge is 2.44. The van der Waals surface area contributed by atoms with E-state index in [0.717, 1.165) is 19.3 Å². The first-order valence-electron chi connectivity index (χ1n) is 7.08. The number of halogens is 2. The number of fused-ring (bicyclic) bond motifs is 1. The average Bonchev–Trinajstić information content (AvgIpc) is 2.51. The van der Waals surface area contributed by atoms with E-state index in [4.69, 9.17) is 21.1 Å². The number of carbonyl (C=O) groups is 1. The van der Waals surface area contributed by atoms with E-state index in [1.54, 1.807) is 0 Å². The fraction of sp³-hybridized carbons (Fsp3) is 0.533. The molecule has 21 heavy (non-hydrogen) atoms. The highest BCUT2D eigenvalue weighted by atomic mass is 35.5. The average molecular weight is 315 g/mol. The summed E-state index contributed by atoms with van der Waals surface area (Å²) >= 11 is 6.03. The predicted molar refractivity (Wildman–Crippen MR) is 74.8 cm³/mol. The quantitative estimate of drug-likeness (QED) is 0.907. The minimum absolute atomic E-state index is 0.115. The predicted octanol–water partition coefficient (Wildman–Crippen LogP) is 3.54. The van der Waals surface area contributed by atoms with E-state index in [1.807, 2.05) is 0 Å². The van der Waals surface area contributed by atoms with Crippen LogP contribution in [0.5, 0.6) is 11.5 Å². The van der Waals surface area contributed by atoms with Crippen LogP contribution in [0.2, 0.25) is 5.02 Å². The zero-order valence-corrected chi connectivity index (χ0v) is 12.2. The maximum atomic E-state index is 14.6. The van der Waals surface area contributed by atoms with E-state index in [9.17, 15) is 14.3 Å². The first-order chi connectivity index (χ1) is 10.1. The fourth-order valence-electron chi connectivity index (χ4n) is 3.23. The molecular weight excluding hydrogens is 299 g/mol. The Balaban J connectivity index is 2.16. The number of benzene rings is 1. The van der Waals surface area contributed by atoms with Gasteiger partial charge in [-0.3, -0.25) is 4.79 Å². The lowest BCUT2D eigenvalue weighted by atomic mass is 9.69. The van der Waals surface area contributed by atoms with E-state index < -0.39 is 17.2 Å². The molecule has 0 saturated heterocycles. The maximum absolute atomic E-state index is 14.6. The van der Waals surface area contributed by atoms with Crippen LogP contribution in [-0.4, -0.2) is 24.3 Å². The normalized spacial score (nSPS) is 20.1. The van der Waals surface area contributed by atoms with Gasteiger partial charge in [-0.25, -0.2) is 4.39 Å². The molecule has 1 aliphatic carbocycles. The fourth-order valence-corrected chi connectivity index (χ4v) is 3.47. The second-order valence-electron chi connectivity index (χ2n) is 5.52. The van der Waals surface area contributed by atoms with Gasteiger partial charge in [0.1, 0.15) is 24.1 Å². The number of ether oxygens (including phenoxy) is 2. The zero-order valence-electron chi connectivity index (χ0n) is 11.5. The molecule has 6 heteroatoms. The molecule has 1 aromatic rings. The van der Waals surface area contributed by atoms with Crippen molar-refractivity contribution in [2.45, 2.75) is 37.5 Å². The Labute approximate surface area is 126 Å². The number of hydrogen-bond donors (Lipinski definition) is 1. The number of rotatable bonds is 2. The lowest BCUT2D eigenvalue weighted by molar-refractivity contribution is -0.145. The highest BCUT2D eigenvalue weighted by Crippen LogP contribution is 2.48. The van der Waals surface area contributed by atoms with Crippen LogP contribution in [0.4, 0.5) is 4.39 Å². The first kappa shape index (κ1) is 14.4. The zero-order chi connectivity index (χ0) is 15.0. The Hall–Kier alpha value is -1.49. The summed E-state index contributed by atoms with van der Waals surface area (Å²) < 4.78 is 25.4. The van der Waals surface area contributed by atoms with Crippen molar-refractivity contribution in [1.82, 2.24) is 0 Å². The molecule has 0 bridgehead atoms. The van der Waals surface area contributed by atoms with Crippen molar-refractivity contribution in [3.05, 3.63) is 22.5 Å². The summed E-state index contributed by atoms with van der Waals surface area (Å²) in [6.45, 7) is 0.643. The second kappa shape index (κ2) is 5.37. The van der Waals surface area contributed by atoms with Gasteiger partial charge in [-0.15, -0.1) is 0 Å². The molecule has 1 fully saturated rings. The molecule has 4 nitrogen and oxygen atoms in total. The molecule has 1 aromatic carbocycles. The number of aliphatic carboxylic acids is 1. The molecular formula is C15H16ClFO4. The lowest BCUT2D eigenvalue weighted by Crippen LogP contribution is -2.39. The standard InChI is InChI=1S/C15H16ClFO4/c16-11-12(17)9(8-10-13(11)21-7-6-20-10)15(14(18)19)4-2-1-3-5-15/h8H,1-7H2,(H,18,19). The molecule has 1 saturated carbocycles. The minimum Gasteiger partial charge on any atom is -0.486 e. The van der Waals surface area contributed by atoms with Gasteiger partial charge in [0.25, 0.3) is 0 Å². The van der Waals surface area contributed by atoms with Crippen LogP contribution >= 0.6 is 11.6 Å². The van der Waals surface area contributed by atoms with Gasteiger partial charge in [0.2, 0.25) is 0 Å². The van der Waals surface area contributed by atoms with Crippen molar-refractivity contribution in [3.8, 4) is 11.5 Å². The van der Waals surface area contributed by atoms with Crippen molar-refractivity contribution in [3.63, 3.8) is 0 Å². The van der Waals surface area contributed by atoms with Crippen molar-refractivity contribution < 1.29 is 23.8 Å². The van der Waals surface area contributed by atoms with Crippen molar-refractivity contribution in [2.75, 3.05) is 13.2 Å². The molecule has 0 radical (unpaired) electrons. The Kier molecular flexibility index (Phi) is 3.69. The summed E-state index contributed by atoms with van der Waals surface area (Å²) in [7, 11) is 0. The maximum Gasteiger partial charge on any atom is 0.314 e. The van der Waals surface area contributed by atoms with E-state index in [0.29, 0.717) is 31.8 Å². The van der Waals surface area contributed by atoms with Crippen molar-refractivity contribution in [2.24, 2.45) is 0 Å². The molecule has 1 heterocycles. The van der Waals surface area contributed by atoms with Gasteiger partial charge in [-0.05, 0) is 18.9 Å². The topological polar surface area (TPSA) is 55.8 Å². The molecule has 1 aliphatic heterocycles. The monoisotopic (exact) mass is 314 g/mol. The molecule has 114 valence electrons. The molecule has 0 amide bonds. The SMILES string of the molecule is O=C(O)C1(c2cc3c(c(Cl)c2F)OCCO3)CCCCC1. The summed E-state index contributed by atoms with van der Waals surface area (Å²) in [5, 5.41) is 9.49. The van der Waals surface area contributed by atoms with Gasteiger partial charge >= 0.3 is 5.97 Å². The third-order valence-corrected chi connectivity index (χ3v) is 4.68. The van der Waals surface area contributed by atoms with Gasteiger partial charge in [0, 0.05) is 5.56 Å². The largest absolute Gasteiger partial charge is 0.486 e. The van der Waals surface area contributed by atoms with E-state index in [-0.39, 0.29) is 16.3 Å². The summed E-state index contributed by atoms with van der Waals surface area (Å²) in [4.78, 5) is 11.8. The molecule has 0 spiro atoms. The van der Waals surface area contributed by atoms with Crippen LogP contribution in [0.25, 0.3) is 0 Å². The summed E-state index contributed by atoms with van der Waals surface area (Å²) in [6.07, 6.45) is 3.31. The van der Waals surface area contributed by atoms with Crippen LogP contribution in [0.1, 0.15) is 37.7 Å². The van der Waals surface area contributed by atoms with Gasteiger partial charge in [-0.2, -0.15) is 0 Å². The highest BCUT2D eigenvalue weighted by molar-refractivity contribution is 6.32. The first-order valence-corrected chi connectivity index (χ1v) is 7.45. The van der Waals surface area contributed by atoms with Crippen molar-refractivity contribution >= 4 is 17.6 Å². The molecule has 3 rings (SSSR count). The Morgan fingerprint density at radius 1 is 1.24 bits per heavy atom.